The predicted octanol–water partition coefficient (Wildman–Crippen LogP) is 1.79. The molecule has 2 aromatic heterocycles. The molecule has 0 bridgehead atoms. The highest BCUT2D eigenvalue weighted by atomic mass is 32.1. The van der Waals surface area contributed by atoms with Crippen LogP contribution in [0.25, 0.3) is 10.2 Å². The van der Waals surface area contributed by atoms with Crippen molar-refractivity contribution in [1.29, 1.82) is 0 Å². The van der Waals surface area contributed by atoms with Gasteiger partial charge < -0.3 is 10.6 Å². The van der Waals surface area contributed by atoms with E-state index < -0.39 is 0 Å². The molecule has 3 heterocycles. The second-order valence-corrected chi connectivity index (χ2v) is 6.11. The maximum absolute atomic E-state index is 6.04. The molecule has 2 N–H and O–H groups in total. The van der Waals surface area contributed by atoms with Crippen molar-refractivity contribution in [3.05, 3.63) is 17.3 Å². The van der Waals surface area contributed by atoms with Crippen LogP contribution < -0.4 is 10.6 Å². The molecule has 90 valence electrons. The van der Waals surface area contributed by atoms with Gasteiger partial charge in [0.05, 0.1) is 5.39 Å². The Labute approximate surface area is 104 Å². The van der Waals surface area contributed by atoms with Crippen LogP contribution in [0.4, 0.5) is 5.82 Å². The van der Waals surface area contributed by atoms with Crippen LogP contribution in [0.5, 0.6) is 0 Å². The zero-order valence-electron chi connectivity index (χ0n) is 10.1. The standard InChI is InChI=1S/C12H16N4S/c1-3-8-4-9-10(14-7-15-11(9)17-8)16-5-12(2,13)6-16/h4,7H,3,5-6,13H2,1-2H3. The molecule has 1 saturated heterocycles. The summed E-state index contributed by atoms with van der Waals surface area (Å²) in [6, 6.07) is 2.21. The topological polar surface area (TPSA) is 55.0 Å². The number of thiophene rings is 1. The van der Waals surface area contributed by atoms with Crippen LogP contribution in [0.3, 0.4) is 0 Å². The minimum atomic E-state index is -0.0686. The number of hydrogen-bond acceptors (Lipinski definition) is 5. The molecule has 0 atom stereocenters. The minimum absolute atomic E-state index is 0.0686. The molecular formula is C12H16N4S. The molecule has 2 aromatic rings. The fraction of sp³-hybridized carbons (Fsp3) is 0.500. The lowest BCUT2D eigenvalue weighted by Gasteiger charge is -2.46. The molecule has 0 amide bonds. The van der Waals surface area contributed by atoms with Crippen molar-refractivity contribution in [3.63, 3.8) is 0 Å². The Bertz CT molecular complexity index is 553. The highest BCUT2D eigenvalue weighted by Crippen LogP contribution is 2.33. The van der Waals surface area contributed by atoms with Crippen molar-refractivity contribution >= 4 is 27.4 Å². The van der Waals surface area contributed by atoms with Gasteiger partial charge in [-0.3, -0.25) is 0 Å². The third kappa shape index (κ3) is 1.79. The Hall–Kier alpha value is -1.20. The van der Waals surface area contributed by atoms with E-state index in [2.05, 4.69) is 34.8 Å². The van der Waals surface area contributed by atoms with Crippen molar-refractivity contribution in [2.45, 2.75) is 25.8 Å². The molecule has 0 aliphatic carbocycles. The third-order valence-electron chi connectivity index (χ3n) is 3.11. The number of fused-ring (bicyclic) bond motifs is 1. The van der Waals surface area contributed by atoms with Gasteiger partial charge in [-0.1, -0.05) is 6.92 Å². The van der Waals surface area contributed by atoms with Crippen LogP contribution in [0.1, 0.15) is 18.7 Å². The zero-order valence-corrected chi connectivity index (χ0v) is 10.9. The summed E-state index contributed by atoms with van der Waals surface area (Å²) in [6.07, 6.45) is 2.70. The summed E-state index contributed by atoms with van der Waals surface area (Å²) in [4.78, 5) is 13.4. The first-order valence-electron chi connectivity index (χ1n) is 5.86. The van der Waals surface area contributed by atoms with Gasteiger partial charge in [0.2, 0.25) is 0 Å². The Morgan fingerprint density at radius 1 is 1.47 bits per heavy atom. The number of nitrogens with zero attached hydrogens (tertiary/aromatic N) is 3. The van der Waals surface area contributed by atoms with E-state index in [0.717, 1.165) is 30.2 Å². The quantitative estimate of drug-likeness (QED) is 0.880. The summed E-state index contributed by atoms with van der Waals surface area (Å²) in [5.41, 5.74) is 5.97. The number of rotatable bonds is 2. The molecule has 1 fully saturated rings. The van der Waals surface area contributed by atoms with Gasteiger partial charge in [0.1, 0.15) is 17.0 Å². The maximum Gasteiger partial charge on any atom is 0.140 e. The molecule has 17 heavy (non-hydrogen) atoms. The Morgan fingerprint density at radius 3 is 2.88 bits per heavy atom. The van der Waals surface area contributed by atoms with Crippen LogP contribution in [-0.2, 0) is 6.42 Å². The highest BCUT2D eigenvalue weighted by molar-refractivity contribution is 7.18. The smallest absolute Gasteiger partial charge is 0.140 e. The molecule has 0 unspecified atom stereocenters. The van der Waals surface area contributed by atoms with Crippen molar-refractivity contribution in [2.24, 2.45) is 5.73 Å². The molecular weight excluding hydrogens is 232 g/mol. The summed E-state index contributed by atoms with van der Waals surface area (Å²) >= 11 is 1.75. The fourth-order valence-electron chi connectivity index (χ4n) is 2.29. The van der Waals surface area contributed by atoms with Crippen molar-refractivity contribution in [2.75, 3.05) is 18.0 Å². The van der Waals surface area contributed by atoms with E-state index >= 15 is 0 Å². The molecule has 0 saturated carbocycles. The minimum Gasteiger partial charge on any atom is -0.352 e. The van der Waals surface area contributed by atoms with Crippen molar-refractivity contribution < 1.29 is 0 Å². The van der Waals surface area contributed by atoms with Gasteiger partial charge >= 0.3 is 0 Å². The highest BCUT2D eigenvalue weighted by Gasteiger charge is 2.36. The van der Waals surface area contributed by atoms with E-state index in [9.17, 15) is 0 Å². The summed E-state index contributed by atoms with van der Waals surface area (Å²) in [5.74, 6) is 1.04. The van der Waals surface area contributed by atoms with E-state index in [-0.39, 0.29) is 5.54 Å². The number of aromatic nitrogens is 2. The monoisotopic (exact) mass is 248 g/mol. The lowest BCUT2D eigenvalue weighted by atomic mass is 9.93. The Kier molecular flexibility index (Phi) is 2.34. The summed E-state index contributed by atoms with van der Waals surface area (Å²) in [6.45, 7) is 5.98. The van der Waals surface area contributed by atoms with E-state index in [1.54, 1.807) is 17.7 Å². The zero-order chi connectivity index (χ0) is 12.0. The average molecular weight is 248 g/mol. The molecule has 0 aromatic carbocycles. The third-order valence-corrected chi connectivity index (χ3v) is 4.30. The lowest BCUT2D eigenvalue weighted by molar-refractivity contribution is 0.363. The largest absolute Gasteiger partial charge is 0.352 e. The Morgan fingerprint density at radius 2 is 2.24 bits per heavy atom. The predicted molar refractivity (Wildman–Crippen MR) is 71.6 cm³/mol. The molecule has 1 aliphatic heterocycles. The maximum atomic E-state index is 6.04. The average Bonchev–Trinajstić information content (AvgIpc) is 2.68. The van der Waals surface area contributed by atoms with Crippen molar-refractivity contribution in [1.82, 2.24) is 9.97 Å². The molecule has 3 rings (SSSR count). The van der Waals surface area contributed by atoms with Gasteiger partial charge in [-0.05, 0) is 19.4 Å². The van der Waals surface area contributed by atoms with Gasteiger partial charge in [0.15, 0.2) is 0 Å². The first kappa shape index (κ1) is 10.9. The fourth-order valence-corrected chi connectivity index (χ4v) is 3.22. The summed E-state index contributed by atoms with van der Waals surface area (Å²) in [5, 5.41) is 1.17. The van der Waals surface area contributed by atoms with Crippen LogP contribution >= 0.6 is 11.3 Å². The van der Waals surface area contributed by atoms with Crippen LogP contribution in [0.15, 0.2) is 12.4 Å². The van der Waals surface area contributed by atoms with Gasteiger partial charge in [-0.25, -0.2) is 9.97 Å². The van der Waals surface area contributed by atoms with E-state index in [4.69, 9.17) is 5.73 Å². The van der Waals surface area contributed by atoms with E-state index in [1.807, 2.05) is 0 Å². The lowest BCUT2D eigenvalue weighted by Crippen LogP contribution is -2.65. The first-order valence-corrected chi connectivity index (χ1v) is 6.68. The number of anilines is 1. The van der Waals surface area contributed by atoms with Gasteiger partial charge in [0, 0.05) is 23.5 Å². The van der Waals surface area contributed by atoms with Gasteiger partial charge in [-0.15, -0.1) is 11.3 Å². The second-order valence-electron chi connectivity index (χ2n) is 4.99. The summed E-state index contributed by atoms with van der Waals surface area (Å²) < 4.78 is 0. The normalized spacial score (nSPS) is 18.4. The number of aryl methyl sites for hydroxylation is 1. The molecule has 1 aliphatic rings. The Balaban J connectivity index is 2.02. The SMILES string of the molecule is CCc1cc2c(N3CC(C)(N)C3)ncnc2s1. The first-order chi connectivity index (χ1) is 8.09. The van der Waals surface area contributed by atoms with Crippen LogP contribution in [0, 0.1) is 0 Å². The molecule has 5 heteroatoms. The van der Waals surface area contributed by atoms with E-state index in [0.29, 0.717) is 0 Å². The summed E-state index contributed by atoms with van der Waals surface area (Å²) in [7, 11) is 0. The van der Waals surface area contributed by atoms with Gasteiger partial charge in [-0.2, -0.15) is 0 Å². The van der Waals surface area contributed by atoms with Crippen molar-refractivity contribution in [3.8, 4) is 0 Å². The number of hydrogen-bond donors (Lipinski definition) is 1. The van der Waals surface area contributed by atoms with Crippen LogP contribution in [-0.4, -0.2) is 28.6 Å². The molecule has 0 radical (unpaired) electrons. The molecule has 0 spiro atoms. The van der Waals surface area contributed by atoms with Crippen LogP contribution in [0.2, 0.25) is 0 Å². The van der Waals surface area contributed by atoms with Gasteiger partial charge in [0.25, 0.3) is 0 Å². The number of nitrogens with two attached hydrogens (primary N) is 1. The van der Waals surface area contributed by atoms with E-state index in [1.165, 1.54) is 10.3 Å². The second kappa shape index (κ2) is 3.65. The molecule has 4 nitrogen and oxygen atoms in total.